The molecule has 0 spiro atoms. The van der Waals surface area contributed by atoms with Crippen molar-refractivity contribution in [3.05, 3.63) is 17.7 Å². The standard InChI is InChI=1S/C19H30N4O3/c1-6-23-9-7-8-14(23)12-20-19(25)15-10-16(21-13(2)24)17(22(3)4)11-18(15)26-5/h10-11,14H,6-9,12H2,1-5H3,(H,20,25)(H,21,24)/p+1/t14-/m1/s1. The van der Waals surface area contributed by atoms with Crippen LogP contribution in [0.3, 0.4) is 0 Å². The molecule has 7 heteroatoms. The number of rotatable bonds is 7. The minimum Gasteiger partial charge on any atom is -0.496 e. The molecule has 1 unspecified atom stereocenters. The summed E-state index contributed by atoms with van der Waals surface area (Å²) in [5.74, 6) is 0.130. The van der Waals surface area contributed by atoms with Gasteiger partial charge in [0.1, 0.15) is 11.8 Å². The molecule has 0 saturated carbocycles. The van der Waals surface area contributed by atoms with Gasteiger partial charge in [0.25, 0.3) is 5.91 Å². The van der Waals surface area contributed by atoms with Crippen molar-refractivity contribution in [2.75, 3.05) is 51.1 Å². The summed E-state index contributed by atoms with van der Waals surface area (Å²) >= 11 is 0. The van der Waals surface area contributed by atoms with Gasteiger partial charge in [-0.05, 0) is 13.0 Å². The molecule has 144 valence electrons. The highest BCUT2D eigenvalue weighted by atomic mass is 16.5. The molecule has 0 aliphatic carbocycles. The summed E-state index contributed by atoms with van der Waals surface area (Å²) in [5.41, 5.74) is 1.80. The first kappa shape index (κ1) is 20.0. The van der Waals surface area contributed by atoms with Crippen LogP contribution < -0.4 is 25.2 Å². The molecule has 0 bridgehead atoms. The molecule has 1 fully saturated rings. The highest BCUT2D eigenvalue weighted by molar-refractivity contribution is 6.01. The Morgan fingerprint density at radius 3 is 2.65 bits per heavy atom. The lowest BCUT2D eigenvalue weighted by molar-refractivity contribution is -0.909. The van der Waals surface area contributed by atoms with Crippen molar-refractivity contribution in [2.24, 2.45) is 0 Å². The van der Waals surface area contributed by atoms with Crippen LogP contribution in [0, 0.1) is 0 Å². The number of carbonyl (C=O) groups excluding carboxylic acids is 2. The van der Waals surface area contributed by atoms with Crippen LogP contribution in [0.2, 0.25) is 0 Å². The number of likely N-dealkylation sites (N-methyl/N-ethyl adjacent to an activating group) is 1. The zero-order valence-corrected chi connectivity index (χ0v) is 16.4. The van der Waals surface area contributed by atoms with E-state index in [2.05, 4.69) is 17.6 Å². The molecule has 2 atom stereocenters. The first-order chi connectivity index (χ1) is 12.4. The van der Waals surface area contributed by atoms with Gasteiger partial charge in [0, 0.05) is 39.9 Å². The van der Waals surface area contributed by atoms with Gasteiger partial charge in [-0.25, -0.2) is 0 Å². The highest BCUT2D eigenvalue weighted by Crippen LogP contribution is 2.33. The van der Waals surface area contributed by atoms with E-state index in [0.717, 1.165) is 18.7 Å². The molecule has 2 amide bonds. The maximum atomic E-state index is 12.8. The molecule has 1 aromatic carbocycles. The second kappa shape index (κ2) is 8.89. The summed E-state index contributed by atoms with van der Waals surface area (Å²) in [7, 11) is 5.30. The third-order valence-electron chi connectivity index (χ3n) is 4.95. The van der Waals surface area contributed by atoms with E-state index in [1.54, 1.807) is 24.1 Å². The Labute approximate surface area is 155 Å². The Bertz CT molecular complexity index is 660. The van der Waals surface area contributed by atoms with E-state index >= 15 is 0 Å². The van der Waals surface area contributed by atoms with Crippen molar-refractivity contribution in [2.45, 2.75) is 32.7 Å². The summed E-state index contributed by atoms with van der Waals surface area (Å²) in [6, 6.07) is 3.93. The second-order valence-corrected chi connectivity index (χ2v) is 6.96. The lowest BCUT2D eigenvalue weighted by Gasteiger charge is -2.22. The number of hydrogen-bond acceptors (Lipinski definition) is 4. The van der Waals surface area contributed by atoms with E-state index in [1.165, 1.54) is 19.9 Å². The van der Waals surface area contributed by atoms with Crippen LogP contribution in [0.15, 0.2) is 12.1 Å². The molecule has 1 saturated heterocycles. The number of likely N-dealkylation sites (tertiary alicyclic amines) is 1. The predicted molar refractivity (Wildman–Crippen MR) is 103 cm³/mol. The average molecular weight is 363 g/mol. The fraction of sp³-hybridized carbons (Fsp3) is 0.579. The van der Waals surface area contributed by atoms with E-state index in [1.807, 2.05) is 19.0 Å². The number of quaternary nitrogens is 1. The summed E-state index contributed by atoms with van der Waals surface area (Å²) in [6.07, 6.45) is 2.34. The van der Waals surface area contributed by atoms with E-state index in [-0.39, 0.29) is 11.8 Å². The molecule has 1 aliphatic heterocycles. The number of nitrogens with zero attached hydrogens (tertiary/aromatic N) is 1. The van der Waals surface area contributed by atoms with Crippen LogP contribution >= 0.6 is 0 Å². The van der Waals surface area contributed by atoms with Crippen LogP contribution in [0.1, 0.15) is 37.0 Å². The van der Waals surface area contributed by atoms with Gasteiger partial charge in [-0.2, -0.15) is 0 Å². The molecule has 3 N–H and O–H groups in total. The van der Waals surface area contributed by atoms with Crippen LogP contribution in [0.25, 0.3) is 0 Å². The Hall–Kier alpha value is -2.28. The number of anilines is 2. The molecule has 2 rings (SSSR count). The molecule has 1 aromatic rings. The molecule has 7 nitrogen and oxygen atoms in total. The summed E-state index contributed by atoms with van der Waals surface area (Å²) in [6.45, 7) is 6.53. The largest absolute Gasteiger partial charge is 0.496 e. The third-order valence-corrected chi connectivity index (χ3v) is 4.95. The molecular formula is C19H31N4O3+. The van der Waals surface area contributed by atoms with Gasteiger partial charge in [0.05, 0.1) is 43.7 Å². The summed E-state index contributed by atoms with van der Waals surface area (Å²) in [4.78, 5) is 27.7. The van der Waals surface area contributed by atoms with Crippen LogP contribution in [0.4, 0.5) is 11.4 Å². The number of carbonyl (C=O) groups is 2. The zero-order valence-electron chi connectivity index (χ0n) is 16.4. The van der Waals surface area contributed by atoms with E-state index in [9.17, 15) is 9.59 Å². The smallest absolute Gasteiger partial charge is 0.255 e. The van der Waals surface area contributed by atoms with Crippen LogP contribution in [-0.4, -0.2) is 58.7 Å². The van der Waals surface area contributed by atoms with Gasteiger partial charge in [-0.3, -0.25) is 9.59 Å². The second-order valence-electron chi connectivity index (χ2n) is 6.96. The third kappa shape index (κ3) is 4.66. The lowest BCUT2D eigenvalue weighted by atomic mass is 10.1. The quantitative estimate of drug-likeness (QED) is 0.660. The van der Waals surface area contributed by atoms with Crippen molar-refractivity contribution in [3.8, 4) is 5.75 Å². The lowest BCUT2D eigenvalue weighted by Crippen LogP contribution is -3.14. The first-order valence-corrected chi connectivity index (χ1v) is 9.17. The maximum absolute atomic E-state index is 12.8. The minimum absolute atomic E-state index is 0.180. The van der Waals surface area contributed by atoms with Gasteiger partial charge >= 0.3 is 0 Å². The van der Waals surface area contributed by atoms with Crippen LogP contribution in [-0.2, 0) is 4.79 Å². The molecule has 26 heavy (non-hydrogen) atoms. The predicted octanol–water partition coefficient (Wildman–Crippen LogP) is 0.517. The topological polar surface area (TPSA) is 75.1 Å². The number of amides is 2. The number of ether oxygens (including phenoxy) is 1. The highest BCUT2D eigenvalue weighted by Gasteiger charge is 2.28. The van der Waals surface area contributed by atoms with Gasteiger partial charge in [-0.15, -0.1) is 0 Å². The molecule has 1 heterocycles. The minimum atomic E-state index is -0.183. The Kier molecular flexibility index (Phi) is 6.85. The Balaban J connectivity index is 2.22. The Morgan fingerprint density at radius 2 is 2.08 bits per heavy atom. The van der Waals surface area contributed by atoms with Gasteiger partial charge < -0.3 is 25.2 Å². The van der Waals surface area contributed by atoms with Gasteiger partial charge in [0.2, 0.25) is 5.91 Å². The zero-order chi connectivity index (χ0) is 19.3. The van der Waals surface area contributed by atoms with Crippen molar-refractivity contribution < 1.29 is 19.2 Å². The molecular weight excluding hydrogens is 332 g/mol. The average Bonchev–Trinajstić information content (AvgIpc) is 3.06. The molecule has 0 radical (unpaired) electrons. The van der Waals surface area contributed by atoms with Crippen molar-refractivity contribution in [3.63, 3.8) is 0 Å². The van der Waals surface area contributed by atoms with Crippen molar-refractivity contribution >= 4 is 23.2 Å². The SMILES string of the molecule is CC[NH+]1CCC[C@@H]1CNC(=O)c1cc(NC(C)=O)c(N(C)C)cc1OC. The number of methoxy groups -OCH3 is 1. The Morgan fingerprint density at radius 1 is 1.35 bits per heavy atom. The first-order valence-electron chi connectivity index (χ1n) is 9.17. The monoisotopic (exact) mass is 363 g/mol. The van der Waals surface area contributed by atoms with E-state index < -0.39 is 0 Å². The van der Waals surface area contributed by atoms with Gasteiger partial charge in [-0.1, -0.05) is 0 Å². The number of hydrogen-bond donors (Lipinski definition) is 3. The van der Waals surface area contributed by atoms with Gasteiger partial charge in [0.15, 0.2) is 0 Å². The van der Waals surface area contributed by atoms with Crippen LogP contribution in [0.5, 0.6) is 5.75 Å². The fourth-order valence-corrected chi connectivity index (χ4v) is 3.58. The van der Waals surface area contributed by atoms with E-state index in [4.69, 9.17) is 4.74 Å². The van der Waals surface area contributed by atoms with E-state index in [0.29, 0.717) is 29.6 Å². The normalized spacial score (nSPS) is 19.1. The summed E-state index contributed by atoms with van der Waals surface area (Å²) in [5, 5.41) is 5.84. The maximum Gasteiger partial charge on any atom is 0.255 e. The molecule has 1 aliphatic rings. The van der Waals surface area contributed by atoms with Crippen molar-refractivity contribution in [1.82, 2.24) is 5.32 Å². The van der Waals surface area contributed by atoms with Crippen molar-refractivity contribution in [1.29, 1.82) is 0 Å². The number of nitrogens with one attached hydrogen (secondary N) is 3. The molecule has 0 aromatic heterocycles. The summed E-state index contributed by atoms with van der Waals surface area (Å²) < 4.78 is 5.43. The number of benzene rings is 1. The fourth-order valence-electron chi connectivity index (χ4n) is 3.58.